The summed E-state index contributed by atoms with van der Waals surface area (Å²) in [6.45, 7) is 8.55. The third-order valence-electron chi connectivity index (χ3n) is 6.05. The molecule has 2 fully saturated rings. The van der Waals surface area contributed by atoms with E-state index in [9.17, 15) is 14.4 Å². The van der Waals surface area contributed by atoms with Crippen molar-refractivity contribution in [3.63, 3.8) is 0 Å². The monoisotopic (exact) mass is 428 g/mol. The minimum atomic E-state index is -0.711. The third-order valence-corrected chi connectivity index (χ3v) is 6.05. The van der Waals surface area contributed by atoms with Gasteiger partial charge in [-0.1, -0.05) is 46.5 Å². The normalized spacial score (nSPS) is 20.6. The summed E-state index contributed by atoms with van der Waals surface area (Å²) in [6.07, 6.45) is 6.65. The Bertz CT molecular complexity index is 789. The summed E-state index contributed by atoms with van der Waals surface area (Å²) in [5, 5.41) is 0. The van der Waals surface area contributed by atoms with E-state index >= 15 is 0 Å². The highest BCUT2D eigenvalue weighted by Crippen LogP contribution is 2.33. The van der Waals surface area contributed by atoms with Crippen molar-refractivity contribution in [3.05, 3.63) is 24.3 Å². The number of hydrogen-bond donors (Lipinski definition) is 0. The molecule has 2 aliphatic rings. The summed E-state index contributed by atoms with van der Waals surface area (Å²) < 4.78 is 5.46. The van der Waals surface area contributed by atoms with E-state index in [0.29, 0.717) is 24.5 Å². The molecule has 1 aromatic rings. The molecule has 1 heterocycles. The quantitative estimate of drug-likeness (QED) is 0.486. The first-order valence-electron chi connectivity index (χ1n) is 11.6. The highest BCUT2D eigenvalue weighted by Gasteiger charge is 2.46. The molecule has 1 saturated carbocycles. The Morgan fingerprint density at radius 1 is 1.06 bits per heavy atom. The van der Waals surface area contributed by atoms with Gasteiger partial charge in [-0.15, -0.1) is 0 Å². The maximum absolute atomic E-state index is 13.4. The lowest BCUT2D eigenvalue weighted by atomic mass is 9.90. The van der Waals surface area contributed by atoms with Crippen LogP contribution in [0.2, 0.25) is 0 Å². The predicted octanol–water partition coefficient (Wildman–Crippen LogP) is 4.70. The Balaban J connectivity index is 1.87. The topological polar surface area (TPSA) is 66.9 Å². The molecule has 6 heteroatoms. The van der Waals surface area contributed by atoms with Crippen LogP contribution in [-0.2, 0) is 14.4 Å². The maximum atomic E-state index is 13.4. The van der Waals surface area contributed by atoms with Crippen LogP contribution in [-0.4, -0.2) is 41.3 Å². The standard InChI is InChI=1S/C25H36N2O4/c1-5-31-20-14-12-19(13-15-20)27-22(28)16-21(24(27)30)26(23(29)17-25(2,3)4)18-10-8-6-7-9-11-18/h12-15,18,21H,5-11,16-17H2,1-4H3. The van der Waals surface area contributed by atoms with Gasteiger partial charge in [-0.3, -0.25) is 14.4 Å². The summed E-state index contributed by atoms with van der Waals surface area (Å²) in [4.78, 5) is 42.8. The minimum Gasteiger partial charge on any atom is -0.494 e. The fraction of sp³-hybridized carbons (Fsp3) is 0.640. The number of nitrogens with zero attached hydrogens (tertiary/aromatic N) is 2. The highest BCUT2D eigenvalue weighted by atomic mass is 16.5. The maximum Gasteiger partial charge on any atom is 0.257 e. The number of anilines is 1. The molecule has 170 valence electrons. The van der Waals surface area contributed by atoms with Crippen LogP contribution in [0, 0.1) is 5.41 Å². The molecule has 1 aromatic carbocycles. The Kier molecular flexibility index (Phi) is 7.39. The van der Waals surface area contributed by atoms with Gasteiger partial charge < -0.3 is 9.64 Å². The van der Waals surface area contributed by atoms with Crippen LogP contribution in [0.5, 0.6) is 5.75 Å². The smallest absolute Gasteiger partial charge is 0.257 e. The molecular formula is C25H36N2O4. The van der Waals surface area contributed by atoms with Crippen molar-refractivity contribution < 1.29 is 19.1 Å². The van der Waals surface area contributed by atoms with E-state index in [1.165, 1.54) is 4.90 Å². The lowest BCUT2D eigenvalue weighted by Gasteiger charge is -2.36. The van der Waals surface area contributed by atoms with Crippen molar-refractivity contribution >= 4 is 23.4 Å². The second-order valence-electron chi connectivity index (χ2n) is 9.90. The van der Waals surface area contributed by atoms with E-state index < -0.39 is 6.04 Å². The molecule has 6 nitrogen and oxygen atoms in total. The average Bonchev–Trinajstić information content (AvgIpc) is 2.87. The Morgan fingerprint density at radius 2 is 1.68 bits per heavy atom. The van der Waals surface area contributed by atoms with Gasteiger partial charge in [-0.25, -0.2) is 4.90 Å². The van der Waals surface area contributed by atoms with E-state index in [4.69, 9.17) is 4.74 Å². The van der Waals surface area contributed by atoms with Crippen LogP contribution in [0.15, 0.2) is 24.3 Å². The number of carbonyl (C=O) groups excluding carboxylic acids is 3. The molecular weight excluding hydrogens is 392 g/mol. The molecule has 0 radical (unpaired) electrons. The third kappa shape index (κ3) is 5.66. The van der Waals surface area contributed by atoms with Crippen molar-refractivity contribution in [3.8, 4) is 5.75 Å². The van der Waals surface area contributed by atoms with Crippen LogP contribution in [0.1, 0.15) is 79.1 Å². The molecule has 1 aliphatic heterocycles. The Hall–Kier alpha value is -2.37. The van der Waals surface area contributed by atoms with Crippen LogP contribution >= 0.6 is 0 Å². The van der Waals surface area contributed by atoms with Crippen molar-refractivity contribution in [2.45, 2.75) is 91.1 Å². The second kappa shape index (κ2) is 9.84. The van der Waals surface area contributed by atoms with Gasteiger partial charge in [-0.2, -0.15) is 0 Å². The summed E-state index contributed by atoms with van der Waals surface area (Å²) >= 11 is 0. The zero-order chi connectivity index (χ0) is 22.6. The largest absolute Gasteiger partial charge is 0.494 e. The summed E-state index contributed by atoms with van der Waals surface area (Å²) in [7, 11) is 0. The van der Waals surface area contributed by atoms with Gasteiger partial charge in [0.1, 0.15) is 11.8 Å². The molecule has 0 aromatic heterocycles. The van der Waals surface area contributed by atoms with Gasteiger partial charge in [0, 0.05) is 12.5 Å². The van der Waals surface area contributed by atoms with Crippen LogP contribution in [0.3, 0.4) is 0 Å². The van der Waals surface area contributed by atoms with Crippen LogP contribution in [0.4, 0.5) is 5.69 Å². The Labute approximate surface area is 185 Å². The predicted molar refractivity (Wildman–Crippen MR) is 121 cm³/mol. The number of ether oxygens (including phenoxy) is 1. The van der Waals surface area contributed by atoms with Crippen LogP contribution < -0.4 is 9.64 Å². The molecule has 31 heavy (non-hydrogen) atoms. The molecule has 1 atom stereocenters. The molecule has 1 saturated heterocycles. The zero-order valence-corrected chi connectivity index (χ0v) is 19.4. The number of imide groups is 1. The van der Waals surface area contributed by atoms with E-state index in [-0.39, 0.29) is 35.6 Å². The first-order chi connectivity index (χ1) is 14.7. The van der Waals surface area contributed by atoms with Crippen molar-refractivity contribution in [1.82, 2.24) is 4.90 Å². The average molecular weight is 429 g/mol. The number of hydrogen-bond acceptors (Lipinski definition) is 4. The fourth-order valence-corrected chi connectivity index (χ4v) is 4.68. The first kappa shape index (κ1) is 23.3. The molecule has 1 aliphatic carbocycles. The number of rotatable bonds is 6. The molecule has 3 rings (SSSR count). The summed E-state index contributed by atoms with van der Waals surface area (Å²) in [6, 6.07) is 6.31. The molecule has 1 unspecified atom stereocenters. The van der Waals surface area contributed by atoms with Crippen molar-refractivity contribution in [2.75, 3.05) is 11.5 Å². The van der Waals surface area contributed by atoms with Gasteiger partial charge in [-0.05, 0) is 49.4 Å². The number of amides is 3. The van der Waals surface area contributed by atoms with E-state index in [0.717, 1.165) is 38.5 Å². The minimum absolute atomic E-state index is 0.0147. The Morgan fingerprint density at radius 3 is 2.23 bits per heavy atom. The second-order valence-corrected chi connectivity index (χ2v) is 9.90. The number of carbonyl (C=O) groups is 3. The van der Waals surface area contributed by atoms with Gasteiger partial charge >= 0.3 is 0 Å². The summed E-state index contributed by atoms with van der Waals surface area (Å²) in [5.41, 5.74) is 0.352. The van der Waals surface area contributed by atoms with Crippen LogP contribution in [0.25, 0.3) is 0 Å². The molecule has 0 N–H and O–H groups in total. The number of benzene rings is 1. The molecule has 0 spiro atoms. The lowest BCUT2D eigenvalue weighted by Crippen LogP contribution is -2.51. The van der Waals surface area contributed by atoms with Gasteiger partial charge in [0.25, 0.3) is 5.91 Å². The highest BCUT2D eigenvalue weighted by molar-refractivity contribution is 6.23. The first-order valence-corrected chi connectivity index (χ1v) is 11.6. The van der Waals surface area contributed by atoms with Gasteiger partial charge in [0.2, 0.25) is 11.8 Å². The van der Waals surface area contributed by atoms with Gasteiger partial charge in [0.15, 0.2) is 0 Å². The van der Waals surface area contributed by atoms with Crippen molar-refractivity contribution in [1.29, 1.82) is 0 Å². The van der Waals surface area contributed by atoms with E-state index in [1.807, 2.05) is 27.7 Å². The molecule has 3 amide bonds. The summed E-state index contributed by atoms with van der Waals surface area (Å²) in [5.74, 6) is 0.142. The lowest BCUT2D eigenvalue weighted by molar-refractivity contribution is -0.143. The van der Waals surface area contributed by atoms with Gasteiger partial charge in [0.05, 0.1) is 18.7 Å². The molecule has 0 bridgehead atoms. The SMILES string of the molecule is CCOc1ccc(N2C(=O)CC(N(C(=O)CC(C)(C)C)C3CCCCCC3)C2=O)cc1. The zero-order valence-electron chi connectivity index (χ0n) is 19.4. The van der Waals surface area contributed by atoms with E-state index in [1.54, 1.807) is 29.2 Å². The van der Waals surface area contributed by atoms with Crippen molar-refractivity contribution in [2.24, 2.45) is 5.41 Å². The fourth-order valence-electron chi connectivity index (χ4n) is 4.68. The van der Waals surface area contributed by atoms with E-state index in [2.05, 4.69) is 0 Å².